The van der Waals surface area contributed by atoms with Crippen molar-refractivity contribution in [3.8, 4) is 0 Å². The second kappa shape index (κ2) is 5.63. The van der Waals surface area contributed by atoms with Crippen LogP contribution in [0.5, 0.6) is 0 Å². The molecule has 84 valence electrons. The van der Waals surface area contributed by atoms with Crippen LogP contribution in [0.15, 0.2) is 15.9 Å². The summed E-state index contributed by atoms with van der Waals surface area (Å²) < 4.78 is 1.05. The molecule has 0 fully saturated rings. The number of halogens is 1. The Kier molecular flexibility index (Phi) is 4.76. The van der Waals surface area contributed by atoms with E-state index in [4.69, 9.17) is 5.11 Å². The van der Waals surface area contributed by atoms with Gasteiger partial charge >= 0.3 is 5.97 Å². The zero-order valence-corrected chi connectivity index (χ0v) is 11.1. The van der Waals surface area contributed by atoms with Gasteiger partial charge in [-0.2, -0.15) is 0 Å². The van der Waals surface area contributed by atoms with E-state index in [1.807, 2.05) is 30.3 Å². The van der Waals surface area contributed by atoms with Gasteiger partial charge in [0.05, 0.1) is 0 Å². The highest BCUT2D eigenvalue weighted by Gasteiger charge is 2.20. The number of carbonyl (C=O) groups is 1. The molecular formula is C10H14BrNO2S. The molecule has 15 heavy (non-hydrogen) atoms. The number of aliphatic carboxylic acids is 1. The van der Waals surface area contributed by atoms with E-state index in [-0.39, 0.29) is 0 Å². The summed E-state index contributed by atoms with van der Waals surface area (Å²) in [6.07, 6.45) is 0.623. The number of likely N-dealkylation sites (N-methyl/N-ethyl adjacent to an activating group) is 1. The third-order valence-corrected chi connectivity index (χ3v) is 3.91. The van der Waals surface area contributed by atoms with Crippen molar-refractivity contribution < 1.29 is 9.90 Å². The first-order chi connectivity index (χ1) is 7.04. The maximum atomic E-state index is 10.9. The minimum atomic E-state index is -0.754. The van der Waals surface area contributed by atoms with Crippen LogP contribution in [0.3, 0.4) is 0 Å². The van der Waals surface area contributed by atoms with Gasteiger partial charge in [-0.25, -0.2) is 0 Å². The summed E-state index contributed by atoms with van der Waals surface area (Å²) in [5.74, 6) is -0.754. The van der Waals surface area contributed by atoms with Crippen LogP contribution in [0, 0.1) is 0 Å². The molecule has 0 aliphatic heterocycles. The van der Waals surface area contributed by atoms with E-state index >= 15 is 0 Å². The van der Waals surface area contributed by atoms with Gasteiger partial charge in [0.2, 0.25) is 0 Å². The Labute approximate surface area is 102 Å². The van der Waals surface area contributed by atoms with Gasteiger partial charge in [0.25, 0.3) is 0 Å². The Morgan fingerprint density at radius 2 is 2.40 bits per heavy atom. The molecule has 1 atom stereocenters. The normalized spacial score (nSPS) is 13.1. The SMILES string of the molecule is CCC(C(=O)O)N(C)Cc1cc(Br)cs1. The Bertz CT molecular complexity index is 340. The lowest BCUT2D eigenvalue weighted by Crippen LogP contribution is -2.37. The van der Waals surface area contributed by atoms with Gasteiger partial charge in [0.1, 0.15) is 6.04 Å². The Morgan fingerprint density at radius 3 is 2.80 bits per heavy atom. The van der Waals surface area contributed by atoms with Crippen molar-refractivity contribution >= 4 is 33.2 Å². The third-order valence-electron chi connectivity index (χ3n) is 2.23. The molecule has 1 rings (SSSR count). The predicted octanol–water partition coefficient (Wildman–Crippen LogP) is 2.81. The lowest BCUT2D eigenvalue weighted by Gasteiger charge is -2.22. The number of thiophene rings is 1. The molecule has 1 aromatic rings. The second-order valence-corrected chi connectivity index (χ2v) is 5.32. The van der Waals surface area contributed by atoms with Gasteiger partial charge in [-0.05, 0) is 35.5 Å². The average molecular weight is 292 g/mol. The maximum Gasteiger partial charge on any atom is 0.320 e. The lowest BCUT2D eigenvalue weighted by molar-refractivity contribution is -0.143. The van der Waals surface area contributed by atoms with Crippen LogP contribution in [0.25, 0.3) is 0 Å². The quantitative estimate of drug-likeness (QED) is 0.907. The van der Waals surface area contributed by atoms with Crippen molar-refractivity contribution in [1.29, 1.82) is 0 Å². The molecule has 0 saturated heterocycles. The fourth-order valence-electron chi connectivity index (χ4n) is 1.47. The van der Waals surface area contributed by atoms with Crippen molar-refractivity contribution in [2.24, 2.45) is 0 Å². The molecule has 1 N–H and O–H groups in total. The largest absolute Gasteiger partial charge is 0.480 e. The zero-order valence-electron chi connectivity index (χ0n) is 8.74. The van der Waals surface area contributed by atoms with E-state index in [1.54, 1.807) is 11.3 Å². The summed E-state index contributed by atoms with van der Waals surface area (Å²) in [6, 6.07) is 1.63. The van der Waals surface area contributed by atoms with Crippen LogP contribution < -0.4 is 0 Å². The molecule has 1 unspecified atom stereocenters. The summed E-state index contributed by atoms with van der Waals surface area (Å²) in [7, 11) is 1.84. The van der Waals surface area contributed by atoms with Crippen LogP contribution in [-0.4, -0.2) is 29.1 Å². The fourth-order valence-corrected chi connectivity index (χ4v) is 2.98. The van der Waals surface area contributed by atoms with Gasteiger partial charge in [-0.1, -0.05) is 6.92 Å². The molecular weight excluding hydrogens is 278 g/mol. The fraction of sp³-hybridized carbons (Fsp3) is 0.500. The number of carboxylic acid groups (broad SMARTS) is 1. The summed E-state index contributed by atoms with van der Waals surface area (Å²) in [6.45, 7) is 2.57. The summed E-state index contributed by atoms with van der Waals surface area (Å²) in [5, 5.41) is 11.0. The first kappa shape index (κ1) is 12.7. The highest BCUT2D eigenvalue weighted by Crippen LogP contribution is 2.21. The van der Waals surface area contributed by atoms with Crippen LogP contribution in [0.1, 0.15) is 18.2 Å². The highest BCUT2D eigenvalue weighted by atomic mass is 79.9. The molecule has 1 aromatic heterocycles. The summed E-state index contributed by atoms with van der Waals surface area (Å²) >= 11 is 5.02. The van der Waals surface area contributed by atoms with Gasteiger partial charge in [0, 0.05) is 21.3 Å². The topological polar surface area (TPSA) is 40.5 Å². The first-order valence-corrected chi connectivity index (χ1v) is 6.37. The average Bonchev–Trinajstić information content (AvgIpc) is 2.51. The van der Waals surface area contributed by atoms with E-state index in [0.717, 1.165) is 4.47 Å². The smallest absolute Gasteiger partial charge is 0.320 e. The monoisotopic (exact) mass is 291 g/mol. The van der Waals surface area contributed by atoms with E-state index in [9.17, 15) is 4.79 Å². The molecule has 0 aliphatic rings. The Balaban J connectivity index is 2.61. The van der Waals surface area contributed by atoms with Gasteiger partial charge in [-0.15, -0.1) is 11.3 Å². The first-order valence-electron chi connectivity index (χ1n) is 4.70. The Hall–Kier alpha value is -0.390. The molecule has 5 heteroatoms. The molecule has 1 heterocycles. The van der Waals surface area contributed by atoms with Gasteiger partial charge in [0.15, 0.2) is 0 Å². The van der Waals surface area contributed by atoms with Gasteiger partial charge < -0.3 is 5.11 Å². The van der Waals surface area contributed by atoms with Crippen molar-refractivity contribution in [2.45, 2.75) is 25.9 Å². The maximum absolute atomic E-state index is 10.9. The minimum absolute atomic E-state index is 0.397. The standard InChI is InChI=1S/C10H14BrNO2S/c1-3-9(10(13)14)12(2)5-8-4-7(11)6-15-8/h4,6,9H,3,5H2,1-2H3,(H,13,14). The number of nitrogens with zero attached hydrogens (tertiary/aromatic N) is 1. The summed E-state index contributed by atoms with van der Waals surface area (Å²) in [5.41, 5.74) is 0. The number of carboxylic acids is 1. The molecule has 3 nitrogen and oxygen atoms in total. The van der Waals surface area contributed by atoms with E-state index in [0.29, 0.717) is 13.0 Å². The second-order valence-electron chi connectivity index (χ2n) is 3.41. The third kappa shape index (κ3) is 3.59. The molecule has 0 saturated carbocycles. The van der Waals surface area contributed by atoms with Crippen molar-refractivity contribution in [1.82, 2.24) is 4.90 Å². The van der Waals surface area contributed by atoms with Crippen molar-refractivity contribution in [2.75, 3.05) is 7.05 Å². The van der Waals surface area contributed by atoms with E-state index in [1.165, 1.54) is 4.88 Å². The zero-order chi connectivity index (χ0) is 11.4. The van der Waals surface area contributed by atoms with Crippen LogP contribution >= 0.6 is 27.3 Å². The molecule has 0 aromatic carbocycles. The molecule has 0 bridgehead atoms. The molecule has 0 amide bonds. The predicted molar refractivity (Wildman–Crippen MR) is 65.2 cm³/mol. The van der Waals surface area contributed by atoms with Crippen LogP contribution in [0.2, 0.25) is 0 Å². The van der Waals surface area contributed by atoms with E-state index < -0.39 is 12.0 Å². The van der Waals surface area contributed by atoms with Crippen LogP contribution in [0.4, 0.5) is 0 Å². The molecule has 0 aliphatic carbocycles. The van der Waals surface area contributed by atoms with Crippen molar-refractivity contribution in [3.05, 3.63) is 20.8 Å². The van der Waals surface area contributed by atoms with Crippen LogP contribution in [-0.2, 0) is 11.3 Å². The summed E-state index contributed by atoms with van der Waals surface area (Å²) in [4.78, 5) is 14.0. The lowest BCUT2D eigenvalue weighted by atomic mass is 10.2. The van der Waals surface area contributed by atoms with E-state index in [2.05, 4.69) is 15.9 Å². The number of rotatable bonds is 5. The van der Waals surface area contributed by atoms with Gasteiger partial charge in [-0.3, -0.25) is 9.69 Å². The van der Waals surface area contributed by atoms with Crippen molar-refractivity contribution in [3.63, 3.8) is 0 Å². The number of hydrogen-bond acceptors (Lipinski definition) is 3. The highest BCUT2D eigenvalue weighted by molar-refractivity contribution is 9.10. The number of hydrogen-bond donors (Lipinski definition) is 1. The minimum Gasteiger partial charge on any atom is -0.480 e. The molecule has 0 spiro atoms. The Morgan fingerprint density at radius 1 is 1.73 bits per heavy atom. The molecule has 0 radical (unpaired) electrons.